The lowest BCUT2D eigenvalue weighted by Crippen LogP contribution is -2.49. The van der Waals surface area contributed by atoms with Gasteiger partial charge in [0.25, 0.3) is 5.91 Å². The highest BCUT2D eigenvalue weighted by atomic mass is 19.1. The largest absolute Gasteiger partial charge is 0.497 e. The number of benzene rings is 2. The summed E-state index contributed by atoms with van der Waals surface area (Å²) in [6.07, 6.45) is 0. The molecule has 31 heavy (non-hydrogen) atoms. The summed E-state index contributed by atoms with van der Waals surface area (Å²) in [5.41, 5.74) is 2.03. The van der Waals surface area contributed by atoms with E-state index in [1.165, 1.54) is 12.1 Å². The van der Waals surface area contributed by atoms with Crippen LogP contribution in [0.3, 0.4) is 0 Å². The molecule has 1 aliphatic rings. The van der Waals surface area contributed by atoms with Crippen molar-refractivity contribution in [3.8, 4) is 22.8 Å². The number of rotatable bonds is 5. The van der Waals surface area contributed by atoms with Crippen molar-refractivity contribution in [3.63, 3.8) is 0 Å². The van der Waals surface area contributed by atoms with Crippen LogP contribution in [0.4, 0.5) is 10.2 Å². The van der Waals surface area contributed by atoms with Crippen molar-refractivity contribution >= 4 is 11.7 Å². The molecule has 4 rings (SSSR count). The van der Waals surface area contributed by atoms with Crippen LogP contribution in [-0.4, -0.2) is 61.4 Å². The lowest BCUT2D eigenvalue weighted by atomic mass is 10.1. The van der Waals surface area contributed by atoms with Crippen LogP contribution in [0.25, 0.3) is 11.3 Å². The molecule has 1 saturated heterocycles. The number of carbonyl (C=O) groups excluding carboxylic acids is 1. The van der Waals surface area contributed by atoms with Crippen molar-refractivity contribution in [1.82, 2.24) is 15.1 Å². The second kappa shape index (κ2) is 8.99. The van der Waals surface area contributed by atoms with E-state index in [0.29, 0.717) is 48.9 Å². The van der Waals surface area contributed by atoms with Crippen LogP contribution < -0.4 is 14.4 Å². The number of aromatic nitrogens is 2. The van der Waals surface area contributed by atoms with Crippen molar-refractivity contribution in [3.05, 3.63) is 66.0 Å². The Morgan fingerprint density at radius 3 is 2.06 bits per heavy atom. The Morgan fingerprint density at radius 1 is 0.871 bits per heavy atom. The lowest BCUT2D eigenvalue weighted by molar-refractivity contribution is 0.0745. The van der Waals surface area contributed by atoms with Gasteiger partial charge in [-0.25, -0.2) is 4.39 Å². The van der Waals surface area contributed by atoms with E-state index in [-0.39, 0.29) is 11.7 Å². The van der Waals surface area contributed by atoms with Crippen LogP contribution in [0.1, 0.15) is 10.4 Å². The predicted molar refractivity (Wildman–Crippen MR) is 115 cm³/mol. The number of carbonyl (C=O) groups is 1. The van der Waals surface area contributed by atoms with Gasteiger partial charge >= 0.3 is 0 Å². The molecule has 0 spiro atoms. The van der Waals surface area contributed by atoms with Gasteiger partial charge in [0.05, 0.1) is 19.9 Å². The van der Waals surface area contributed by atoms with Crippen LogP contribution in [0.2, 0.25) is 0 Å². The van der Waals surface area contributed by atoms with Crippen molar-refractivity contribution in [2.45, 2.75) is 0 Å². The molecule has 0 saturated carbocycles. The normalized spacial score (nSPS) is 13.8. The minimum absolute atomic E-state index is 0.0606. The third kappa shape index (κ3) is 4.58. The van der Waals surface area contributed by atoms with Gasteiger partial charge in [0.15, 0.2) is 5.82 Å². The highest BCUT2D eigenvalue weighted by Gasteiger charge is 2.24. The molecule has 8 heteroatoms. The van der Waals surface area contributed by atoms with E-state index < -0.39 is 0 Å². The fraction of sp³-hybridized carbons (Fsp3) is 0.261. The molecule has 0 atom stereocenters. The van der Waals surface area contributed by atoms with E-state index in [0.717, 1.165) is 11.4 Å². The zero-order chi connectivity index (χ0) is 21.8. The second-order valence-corrected chi connectivity index (χ2v) is 7.16. The topological polar surface area (TPSA) is 67.8 Å². The number of amides is 1. The highest BCUT2D eigenvalue weighted by molar-refractivity contribution is 5.95. The van der Waals surface area contributed by atoms with Crippen molar-refractivity contribution in [2.75, 3.05) is 45.3 Å². The summed E-state index contributed by atoms with van der Waals surface area (Å²) in [7, 11) is 3.12. The van der Waals surface area contributed by atoms with E-state index in [4.69, 9.17) is 9.47 Å². The molecule has 1 aliphatic heterocycles. The first-order valence-electron chi connectivity index (χ1n) is 9.94. The molecular weight excluding hydrogens is 399 g/mol. The number of ether oxygens (including phenoxy) is 2. The van der Waals surface area contributed by atoms with Crippen LogP contribution in [0, 0.1) is 5.82 Å². The van der Waals surface area contributed by atoms with Gasteiger partial charge in [0.2, 0.25) is 0 Å². The summed E-state index contributed by atoms with van der Waals surface area (Å²) in [4.78, 5) is 16.9. The SMILES string of the molecule is COc1cc(OC)cc(C(=O)N2CCN(c3ccc(-c4ccc(F)cc4)nn3)CC2)c1. The van der Waals surface area contributed by atoms with E-state index >= 15 is 0 Å². The molecule has 0 aliphatic carbocycles. The second-order valence-electron chi connectivity index (χ2n) is 7.16. The van der Waals surface area contributed by atoms with Gasteiger partial charge in [-0.3, -0.25) is 4.79 Å². The smallest absolute Gasteiger partial charge is 0.254 e. The summed E-state index contributed by atoms with van der Waals surface area (Å²) in [6.45, 7) is 2.44. The average molecular weight is 422 g/mol. The maximum absolute atomic E-state index is 13.1. The first-order valence-corrected chi connectivity index (χ1v) is 9.94. The summed E-state index contributed by atoms with van der Waals surface area (Å²) in [5, 5.41) is 8.59. The van der Waals surface area contributed by atoms with Crippen LogP contribution in [-0.2, 0) is 0 Å². The maximum Gasteiger partial charge on any atom is 0.254 e. The molecule has 0 N–H and O–H groups in total. The summed E-state index contributed by atoms with van der Waals surface area (Å²) >= 11 is 0. The van der Waals surface area contributed by atoms with Crippen LogP contribution >= 0.6 is 0 Å². The number of anilines is 1. The zero-order valence-electron chi connectivity index (χ0n) is 17.4. The standard InChI is InChI=1S/C23H23FN4O3/c1-30-19-13-17(14-20(15-19)31-2)23(29)28-11-9-27(10-12-28)22-8-7-21(25-26-22)16-3-5-18(24)6-4-16/h3-8,13-15H,9-12H2,1-2H3. The molecule has 7 nitrogen and oxygen atoms in total. The number of halogens is 1. The summed E-state index contributed by atoms with van der Waals surface area (Å²) in [6, 6.07) is 15.1. The van der Waals surface area contributed by atoms with Crippen molar-refractivity contribution in [2.24, 2.45) is 0 Å². The Morgan fingerprint density at radius 2 is 1.52 bits per heavy atom. The van der Waals surface area contributed by atoms with Gasteiger partial charge in [-0.2, -0.15) is 0 Å². The third-order valence-corrected chi connectivity index (χ3v) is 5.28. The van der Waals surface area contributed by atoms with Gasteiger partial charge in [-0.05, 0) is 48.5 Å². The molecule has 1 aromatic heterocycles. The van der Waals surface area contributed by atoms with Crippen LogP contribution in [0.5, 0.6) is 11.5 Å². The maximum atomic E-state index is 13.1. The molecule has 2 heterocycles. The van der Waals surface area contributed by atoms with E-state index in [1.807, 2.05) is 17.0 Å². The summed E-state index contributed by atoms with van der Waals surface area (Å²) < 4.78 is 23.6. The first-order chi connectivity index (χ1) is 15.1. The lowest BCUT2D eigenvalue weighted by Gasteiger charge is -2.35. The van der Waals surface area contributed by atoms with Crippen molar-refractivity contribution < 1.29 is 18.7 Å². The van der Waals surface area contributed by atoms with Crippen molar-refractivity contribution in [1.29, 1.82) is 0 Å². The van der Waals surface area contributed by atoms with E-state index in [2.05, 4.69) is 15.1 Å². The quantitative estimate of drug-likeness (QED) is 0.629. The van der Waals surface area contributed by atoms with E-state index in [9.17, 15) is 9.18 Å². The Hall–Kier alpha value is -3.68. The molecule has 160 valence electrons. The van der Waals surface area contributed by atoms with Gasteiger partial charge < -0.3 is 19.3 Å². The highest BCUT2D eigenvalue weighted by Crippen LogP contribution is 2.24. The minimum Gasteiger partial charge on any atom is -0.497 e. The molecule has 0 bridgehead atoms. The van der Waals surface area contributed by atoms with Gasteiger partial charge in [-0.1, -0.05) is 0 Å². The Labute approximate surface area is 180 Å². The number of methoxy groups -OCH3 is 2. The number of piperazine rings is 1. The van der Waals surface area contributed by atoms with Gasteiger partial charge in [-0.15, -0.1) is 10.2 Å². The predicted octanol–water partition coefficient (Wildman–Crippen LogP) is 3.26. The third-order valence-electron chi connectivity index (χ3n) is 5.28. The van der Waals surface area contributed by atoms with E-state index in [1.54, 1.807) is 44.6 Å². The molecule has 3 aromatic rings. The molecule has 2 aromatic carbocycles. The fourth-order valence-electron chi connectivity index (χ4n) is 3.52. The average Bonchev–Trinajstić information content (AvgIpc) is 2.84. The Kier molecular flexibility index (Phi) is 5.97. The molecule has 1 amide bonds. The Bertz CT molecular complexity index is 1030. The zero-order valence-corrected chi connectivity index (χ0v) is 17.4. The Balaban J connectivity index is 1.40. The number of hydrogen-bond donors (Lipinski definition) is 0. The number of nitrogens with zero attached hydrogens (tertiary/aromatic N) is 4. The first kappa shape index (κ1) is 20.6. The fourth-order valence-corrected chi connectivity index (χ4v) is 3.52. The van der Waals surface area contributed by atoms with Crippen LogP contribution in [0.15, 0.2) is 54.6 Å². The van der Waals surface area contributed by atoms with Gasteiger partial charge in [0, 0.05) is 43.4 Å². The molecule has 0 unspecified atom stereocenters. The molecule has 0 radical (unpaired) electrons. The molecular formula is C23H23FN4O3. The minimum atomic E-state index is -0.284. The number of hydrogen-bond acceptors (Lipinski definition) is 6. The van der Waals surface area contributed by atoms with Gasteiger partial charge in [0.1, 0.15) is 17.3 Å². The summed E-state index contributed by atoms with van der Waals surface area (Å²) in [5.74, 6) is 1.57. The molecule has 1 fully saturated rings. The monoisotopic (exact) mass is 422 g/mol.